The van der Waals surface area contributed by atoms with E-state index in [2.05, 4.69) is 15.2 Å². The average Bonchev–Trinajstić information content (AvgIpc) is 2.89. The first kappa shape index (κ1) is 11.6. The Morgan fingerprint density at radius 3 is 2.82 bits per heavy atom. The van der Waals surface area contributed by atoms with Crippen LogP contribution in [0.1, 0.15) is 24.1 Å². The van der Waals surface area contributed by atoms with Gasteiger partial charge in [0.05, 0.1) is 23.0 Å². The van der Waals surface area contributed by atoms with Crippen LogP contribution in [-0.2, 0) is 13.1 Å². The SMILES string of the molecule is CCn1nc(C)c(Cl)c1Cn1cnc(C#N)n1. The standard InChI is InChI=1S/C10H11ClN6/c1-3-17-8(10(11)7(2)14-17)5-16-6-13-9(4-12)15-16/h6H,3,5H2,1-2H3. The third kappa shape index (κ3) is 2.15. The maximum atomic E-state index is 8.64. The fourth-order valence-corrected chi connectivity index (χ4v) is 1.79. The van der Waals surface area contributed by atoms with Crippen molar-refractivity contribution in [3.05, 3.63) is 28.6 Å². The van der Waals surface area contributed by atoms with E-state index in [9.17, 15) is 0 Å². The molecule has 17 heavy (non-hydrogen) atoms. The van der Waals surface area contributed by atoms with Crippen LogP contribution in [0, 0.1) is 18.3 Å². The van der Waals surface area contributed by atoms with E-state index < -0.39 is 0 Å². The molecular weight excluding hydrogens is 240 g/mol. The number of nitriles is 1. The summed E-state index contributed by atoms with van der Waals surface area (Å²) in [4.78, 5) is 3.84. The van der Waals surface area contributed by atoms with Crippen LogP contribution in [0.15, 0.2) is 6.33 Å². The molecule has 0 saturated carbocycles. The summed E-state index contributed by atoms with van der Waals surface area (Å²) >= 11 is 6.17. The lowest BCUT2D eigenvalue weighted by molar-refractivity contribution is 0.574. The van der Waals surface area contributed by atoms with Crippen LogP contribution in [0.5, 0.6) is 0 Å². The van der Waals surface area contributed by atoms with Gasteiger partial charge in [-0.2, -0.15) is 10.4 Å². The maximum Gasteiger partial charge on any atom is 0.252 e. The molecule has 0 amide bonds. The molecule has 88 valence electrons. The number of aromatic nitrogens is 5. The first-order valence-electron chi connectivity index (χ1n) is 5.17. The Labute approximate surface area is 103 Å². The van der Waals surface area contributed by atoms with Gasteiger partial charge in [0.2, 0.25) is 0 Å². The van der Waals surface area contributed by atoms with E-state index in [-0.39, 0.29) is 5.82 Å². The van der Waals surface area contributed by atoms with Gasteiger partial charge in [-0.25, -0.2) is 9.67 Å². The number of aryl methyl sites for hydroxylation is 2. The number of nitrogens with zero attached hydrogens (tertiary/aromatic N) is 6. The highest BCUT2D eigenvalue weighted by atomic mass is 35.5. The highest BCUT2D eigenvalue weighted by Gasteiger charge is 2.13. The second-order valence-electron chi connectivity index (χ2n) is 3.54. The van der Waals surface area contributed by atoms with Crippen molar-refractivity contribution in [1.82, 2.24) is 24.5 Å². The molecule has 0 spiro atoms. The summed E-state index contributed by atoms with van der Waals surface area (Å²) in [6, 6.07) is 1.88. The molecule has 0 unspecified atom stereocenters. The molecule has 2 aromatic heterocycles. The fourth-order valence-electron chi connectivity index (χ4n) is 1.60. The fraction of sp³-hybridized carbons (Fsp3) is 0.400. The zero-order valence-electron chi connectivity index (χ0n) is 9.55. The second-order valence-corrected chi connectivity index (χ2v) is 3.92. The summed E-state index contributed by atoms with van der Waals surface area (Å²) in [7, 11) is 0. The molecule has 0 saturated heterocycles. The van der Waals surface area contributed by atoms with E-state index in [1.54, 1.807) is 4.68 Å². The van der Waals surface area contributed by atoms with Crippen LogP contribution < -0.4 is 0 Å². The molecule has 0 bridgehead atoms. The van der Waals surface area contributed by atoms with Gasteiger partial charge in [0.1, 0.15) is 12.4 Å². The monoisotopic (exact) mass is 250 g/mol. The topological polar surface area (TPSA) is 72.3 Å². The maximum absolute atomic E-state index is 8.64. The van der Waals surface area contributed by atoms with E-state index in [4.69, 9.17) is 16.9 Å². The molecule has 7 heteroatoms. The van der Waals surface area contributed by atoms with Crippen molar-refractivity contribution < 1.29 is 0 Å². The summed E-state index contributed by atoms with van der Waals surface area (Å²) in [5, 5.41) is 17.6. The van der Waals surface area contributed by atoms with E-state index in [1.807, 2.05) is 24.6 Å². The lowest BCUT2D eigenvalue weighted by atomic mass is 10.3. The van der Waals surface area contributed by atoms with Crippen molar-refractivity contribution in [3.63, 3.8) is 0 Å². The van der Waals surface area contributed by atoms with Crippen LogP contribution in [-0.4, -0.2) is 24.5 Å². The zero-order chi connectivity index (χ0) is 12.4. The molecule has 0 radical (unpaired) electrons. The van der Waals surface area contributed by atoms with Crippen molar-refractivity contribution in [2.24, 2.45) is 0 Å². The highest BCUT2D eigenvalue weighted by molar-refractivity contribution is 6.31. The van der Waals surface area contributed by atoms with Gasteiger partial charge >= 0.3 is 0 Å². The Balaban J connectivity index is 2.32. The van der Waals surface area contributed by atoms with E-state index >= 15 is 0 Å². The summed E-state index contributed by atoms with van der Waals surface area (Å²) in [6.45, 7) is 5.05. The van der Waals surface area contributed by atoms with Crippen molar-refractivity contribution in [1.29, 1.82) is 5.26 Å². The predicted molar refractivity (Wildman–Crippen MR) is 61.5 cm³/mol. The number of hydrogen-bond acceptors (Lipinski definition) is 4. The molecule has 0 aliphatic heterocycles. The smallest absolute Gasteiger partial charge is 0.252 e. The highest BCUT2D eigenvalue weighted by Crippen LogP contribution is 2.20. The lowest BCUT2D eigenvalue weighted by Crippen LogP contribution is -2.08. The summed E-state index contributed by atoms with van der Waals surface area (Å²) in [5.41, 5.74) is 1.67. The molecule has 0 N–H and O–H groups in total. The largest absolute Gasteiger partial charge is 0.266 e. The van der Waals surface area contributed by atoms with E-state index in [1.165, 1.54) is 6.33 Å². The molecule has 2 aromatic rings. The molecule has 2 rings (SSSR count). The summed E-state index contributed by atoms with van der Waals surface area (Å²) in [6.07, 6.45) is 1.51. The van der Waals surface area contributed by atoms with Gasteiger partial charge in [-0.3, -0.25) is 4.68 Å². The molecule has 0 atom stereocenters. The molecule has 2 heterocycles. The quantitative estimate of drug-likeness (QED) is 0.825. The second kappa shape index (κ2) is 4.55. The minimum absolute atomic E-state index is 0.153. The average molecular weight is 251 g/mol. The lowest BCUT2D eigenvalue weighted by Gasteiger charge is -2.04. The van der Waals surface area contributed by atoms with Gasteiger partial charge in [-0.1, -0.05) is 11.6 Å². The van der Waals surface area contributed by atoms with Gasteiger partial charge in [0, 0.05) is 6.54 Å². The summed E-state index contributed by atoms with van der Waals surface area (Å²) < 4.78 is 3.40. The molecular formula is C10H11ClN6. The van der Waals surface area contributed by atoms with Crippen LogP contribution in [0.3, 0.4) is 0 Å². The van der Waals surface area contributed by atoms with E-state index in [0.29, 0.717) is 11.6 Å². The first-order chi connectivity index (χ1) is 8.15. The Bertz CT molecular complexity index is 576. The molecule has 0 aliphatic rings. The van der Waals surface area contributed by atoms with Crippen LogP contribution in [0.25, 0.3) is 0 Å². The molecule has 6 nitrogen and oxygen atoms in total. The minimum Gasteiger partial charge on any atom is -0.266 e. The first-order valence-corrected chi connectivity index (χ1v) is 5.54. The number of hydrogen-bond donors (Lipinski definition) is 0. The normalized spacial score (nSPS) is 10.5. The van der Waals surface area contributed by atoms with Gasteiger partial charge in [0.25, 0.3) is 5.82 Å². The van der Waals surface area contributed by atoms with Gasteiger partial charge in [-0.05, 0) is 13.8 Å². The van der Waals surface area contributed by atoms with Gasteiger partial charge < -0.3 is 0 Å². The van der Waals surface area contributed by atoms with Crippen LogP contribution in [0.2, 0.25) is 5.02 Å². The summed E-state index contributed by atoms with van der Waals surface area (Å²) in [5.74, 6) is 0.153. The van der Waals surface area contributed by atoms with Crippen LogP contribution in [0.4, 0.5) is 0 Å². The van der Waals surface area contributed by atoms with Crippen molar-refractivity contribution >= 4 is 11.6 Å². The molecule has 0 fully saturated rings. The van der Waals surface area contributed by atoms with Crippen molar-refractivity contribution in [3.8, 4) is 6.07 Å². The number of rotatable bonds is 3. The van der Waals surface area contributed by atoms with Crippen molar-refractivity contribution in [2.75, 3.05) is 0 Å². The molecule has 0 aliphatic carbocycles. The van der Waals surface area contributed by atoms with E-state index in [0.717, 1.165) is 17.9 Å². The van der Waals surface area contributed by atoms with Crippen LogP contribution >= 0.6 is 11.6 Å². The Morgan fingerprint density at radius 1 is 1.47 bits per heavy atom. The Kier molecular flexibility index (Phi) is 3.11. The van der Waals surface area contributed by atoms with Crippen molar-refractivity contribution in [2.45, 2.75) is 26.9 Å². The predicted octanol–water partition coefficient (Wildman–Crippen LogP) is 1.38. The Hall–Kier alpha value is -1.87. The van der Waals surface area contributed by atoms with Gasteiger partial charge in [-0.15, -0.1) is 5.10 Å². The third-order valence-corrected chi connectivity index (χ3v) is 2.89. The third-order valence-electron chi connectivity index (χ3n) is 2.40. The number of halogens is 1. The molecule has 0 aromatic carbocycles. The van der Waals surface area contributed by atoms with Gasteiger partial charge in [0.15, 0.2) is 0 Å². The minimum atomic E-state index is 0.153. The zero-order valence-corrected chi connectivity index (χ0v) is 10.3. The Morgan fingerprint density at radius 2 is 2.24 bits per heavy atom.